The van der Waals surface area contributed by atoms with Crippen LogP contribution in [0.15, 0.2) is 18.3 Å². The first-order valence-corrected chi connectivity index (χ1v) is 5.07. The molecular formula is C11H16N2O2. The third kappa shape index (κ3) is 2.11. The predicted molar refractivity (Wildman–Crippen MR) is 57.3 cm³/mol. The van der Waals surface area contributed by atoms with Gasteiger partial charge in [-0.25, -0.2) is 4.98 Å². The van der Waals surface area contributed by atoms with Crippen molar-refractivity contribution in [1.82, 2.24) is 4.98 Å². The third-order valence-corrected chi connectivity index (χ3v) is 2.99. The molecule has 0 saturated heterocycles. The molecular weight excluding hydrogens is 192 g/mol. The van der Waals surface area contributed by atoms with Crippen LogP contribution in [0.4, 0.5) is 5.82 Å². The van der Waals surface area contributed by atoms with E-state index in [1.807, 2.05) is 12.1 Å². The van der Waals surface area contributed by atoms with Crippen molar-refractivity contribution in [2.75, 3.05) is 12.8 Å². The van der Waals surface area contributed by atoms with Gasteiger partial charge in [0.2, 0.25) is 0 Å². The van der Waals surface area contributed by atoms with E-state index >= 15 is 0 Å². The van der Waals surface area contributed by atoms with Crippen LogP contribution in [0, 0.1) is 0 Å². The number of pyridine rings is 1. The third-order valence-electron chi connectivity index (χ3n) is 2.99. The highest BCUT2D eigenvalue weighted by Gasteiger charge is 2.43. The minimum atomic E-state index is -0.655. The molecule has 0 atom stereocenters. The Labute approximate surface area is 89.1 Å². The number of nitrogens with zero attached hydrogens (tertiary/aromatic N) is 1. The molecule has 15 heavy (non-hydrogen) atoms. The summed E-state index contributed by atoms with van der Waals surface area (Å²) >= 11 is 0. The number of anilines is 1. The van der Waals surface area contributed by atoms with Gasteiger partial charge in [-0.3, -0.25) is 0 Å². The van der Waals surface area contributed by atoms with Gasteiger partial charge in [0, 0.05) is 32.6 Å². The van der Waals surface area contributed by atoms with Gasteiger partial charge >= 0.3 is 0 Å². The van der Waals surface area contributed by atoms with Gasteiger partial charge in [0.05, 0.1) is 11.7 Å². The fraction of sp³-hybridized carbons (Fsp3) is 0.545. The maximum Gasteiger partial charge on any atom is 0.126 e. The number of nitrogens with two attached hydrogens (primary N) is 1. The van der Waals surface area contributed by atoms with Crippen LogP contribution in [-0.4, -0.2) is 28.9 Å². The van der Waals surface area contributed by atoms with Crippen molar-refractivity contribution in [1.29, 1.82) is 0 Å². The largest absolute Gasteiger partial charge is 0.389 e. The van der Waals surface area contributed by atoms with E-state index in [1.54, 1.807) is 13.3 Å². The summed E-state index contributed by atoms with van der Waals surface area (Å²) < 4.78 is 5.14. The molecule has 4 heteroatoms. The highest BCUT2D eigenvalue weighted by atomic mass is 16.5. The first kappa shape index (κ1) is 10.4. The molecule has 82 valence electrons. The SMILES string of the molecule is COC1CC(O)(Cc2cccnc2N)C1. The number of hydrogen-bond acceptors (Lipinski definition) is 4. The zero-order chi connectivity index (χ0) is 10.9. The zero-order valence-electron chi connectivity index (χ0n) is 8.81. The quantitative estimate of drug-likeness (QED) is 0.769. The summed E-state index contributed by atoms with van der Waals surface area (Å²) in [6, 6.07) is 3.74. The van der Waals surface area contributed by atoms with E-state index in [0.29, 0.717) is 25.1 Å². The number of ether oxygens (including phenoxy) is 1. The number of aliphatic hydroxyl groups is 1. The van der Waals surface area contributed by atoms with E-state index in [9.17, 15) is 5.11 Å². The van der Waals surface area contributed by atoms with Crippen molar-refractivity contribution in [2.24, 2.45) is 0 Å². The molecule has 2 rings (SSSR count). The summed E-state index contributed by atoms with van der Waals surface area (Å²) in [5.41, 5.74) is 5.98. The Bertz CT molecular complexity index is 348. The normalized spacial score (nSPS) is 29.9. The van der Waals surface area contributed by atoms with E-state index < -0.39 is 5.60 Å². The van der Waals surface area contributed by atoms with Gasteiger partial charge in [0.15, 0.2) is 0 Å². The Hall–Kier alpha value is -1.13. The first-order chi connectivity index (χ1) is 7.13. The number of hydrogen-bond donors (Lipinski definition) is 2. The van der Waals surface area contributed by atoms with Crippen LogP contribution in [0.1, 0.15) is 18.4 Å². The van der Waals surface area contributed by atoms with Crippen molar-refractivity contribution in [3.63, 3.8) is 0 Å². The average molecular weight is 208 g/mol. The molecule has 4 nitrogen and oxygen atoms in total. The maximum absolute atomic E-state index is 10.1. The summed E-state index contributed by atoms with van der Waals surface area (Å²) in [4.78, 5) is 4.00. The summed E-state index contributed by atoms with van der Waals surface area (Å²) in [6.45, 7) is 0. The molecule has 0 aromatic carbocycles. The van der Waals surface area contributed by atoms with E-state index in [0.717, 1.165) is 5.56 Å². The number of rotatable bonds is 3. The van der Waals surface area contributed by atoms with Crippen LogP contribution in [0.5, 0.6) is 0 Å². The lowest BCUT2D eigenvalue weighted by Gasteiger charge is -2.42. The lowest BCUT2D eigenvalue weighted by Crippen LogP contribution is -2.49. The first-order valence-electron chi connectivity index (χ1n) is 5.07. The van der Waals surface area contributed by atoms with Gasteiger partial charge < -0.3 is 15.6 Å². The fourth-order valence-corrected chi connectivity index (χ4v) is 2.05. The second kappa shape index (κ2) is 3.79. The summed E-state index contributed by atoms with van der Waals surface area (Å²) in [7, 11) is 1.67. The molecule has 1 aromatic rings. The summed E-state index contributed by atoms with van der Waals surface area (Å²) in [5, 5.41) is 10.1. The minimum Gasteiger partial charge on any atom is -0.389 e. The van der Waals surface area contributed by atoms with Crippen LogP contribution in [0.3, 0.4) is 0 Å². The van der Waals surface area contributed by atoms with Crippen LogP contribution in [-0.2, 0) is 11.2 Å². The van der Waals surface area contributed by atoms with Crippen molar-refractivity contribution in [3.8, 4) is 0 Å². The second-order valence-electron chi connectivity index (χ2n) is 4.21. The monoisotopic (exact) mass is 208 g/mol. The molecule has 1 saturated carbocycles. The molecule has 0 radical (unpaired) electrons. The van der Waals surface area contributed by atoms with Gasteiger partial charge in [-0.1, -0.05) is 6.07 Å². The maximum atomic E-state index is 10.1. The molecule has 1 fully saturated rings. The zero-order valence-corrected chi connectivity index (χ0v) is 8.81. The topological polar surface area (TPSA) is 68.4 Å². The van der Waals surface area contributed by atoms with Gasteiger partial charge in [-0.2, -0.15) is 0 Å². The molecule has 0 unspecified atom stereocenters. The van der Waals surface area contributed by atoms with Crippen molar-refractivity contribution in [2.45, 2.75) is 31.0 Å². The standard InChI is InChI=1S/C11H16N2O2/c1-15-9-6-11(14,7-9)5-8-3-2-4-13-10(8)12/h2-4,9,14H,5-7H2,1H3,(H2,12,13). The van der Waals surface area contributed by atoms with Gasteiger partial charge in [0.1, 0.15) is 5.82 Å². The van der Waals surface area contributed by atoms with E-state index in [4.69, 9.17) is 10.5 Å². The highest BCUT2D eigenvalue weighted by Crippen LogP contribution is 2.37. The van der Waals surface area contributed by atoms with E-state index in [2.05, 4.69) is 4.98 Å². The molecule has 0 spiro atoms. The van der Waals surface area contributed by atoms with Gasteiger partial charge in [-0.15, -0.1) is 0 Å². The molecule has 1 heterocycles. The molecule has 3 N–H and O–H groups in total. The summed E-state index contributed by atoms with van der Waals surface area (Å²) in [6.07, 6.45) is 3.76. The van der Waals surface area contributed by atoms with Crippen molar-refractivity contribution < 1.29 is 9.84 Å². The molecule has 1 aliphatic rings. The van der Waals surface area contributed by atoms with Crippen LogP contribution in [0.2, 0.25) is 0 Å². The van der Waals surface area contributed by atoms with E-state index in [1.165, 1.54) is 0 Å². The van der Waals surface area contributed by atoms with Crippen molar-refractivity contribution in [3.05, 3.63) is 23.9 Å². The second-order valence-corrected chi connectivity index (χ2v) is 4.21. The summed E-state index contributed by atoms with van der Waals surface area (Å²) in [5.74, 6) is 0.506. The molecule has 0 bridgehead atoms. The van der Waals surface area contributed by atoms with Gasteiger partial charge in [0.25, 0.3) is 0 Å². The average Bonchev–Trinajstić information content (AvgIpc) is 2.17. The Morgan fingerprint density at radius 3 is 3.00 bits per heavy atom. The van der Waals surface area contributed by atoms with Crippen molar-refractivity contribution >= 4 is 5.82 Å². The van der Waals surface area contributed by atoms with Crippen LogP contribution >= 0.6 is 0 Å². The molecule has 0 amide bonds. The highest BCUT2D eigenvalue weighted by molar-refractivity contribution is 5.39. The van der Waals surface area contributed by atoms with E-state index in [-0.39, 0.29) is 6.10 Å². The molecule has 0 aliphatic heterocycles. The predicted octanol–water partition coefficient (Wildman–Crippen LogP) is 0.746. The Balaban J connectivity index is 2.01. The lowest BCUT2D eigenvalue weighted by molar-refractivity contribution is -0.126. The Kier molecular flexibility index (Phi) is 2.63. The lowest BCUT2D eigenvalue weighted by atomic mass is 9.74. The molecule has 1 aromatic heterocycles. The number of methoxy groups -OCH3 is 1. The van der Waals surface area contributed by atoms with Crippen LogP contribution < -0.4 is 5.73 Å². The van der Waals surface area contributed by atoms with Crippen LogP contribution in [0.25, 0.3) is 0 Å². The minimum absolute atomic E-state index is 0.188. The Morgan fingerprint density at radius 2 is 2.40 bits per heavy atom. The van der Waals surface area contributed by atoms with Gasteiger partial charge in [-0.05, 0) is 11.6 Å². The Morgan fingerprint density at radius 1 is 1.67 bits per heavy atom. The number of nitrogen functional groups attached to an aromatic ring is 1. The smallest absolute Gasteiger partial charge is 0.126 e. The fourth-order valence-electron chi connectivity index (χ4n) is 2.05. The molecule has 1 aliphatic carbocycles. The number of aromatic nitrogens is 1.